The zero-order valence-corrected chi connectivity index (χ0v) is 12.2. The van der Waals surface area contributed by atoms with Crippen molar-refractivity contribution >= 4 is 0 Å². The summed E-state index contributed by atoms with van der Waals surface area (Å²) in [6, 6.07) is 11.3. The second-order valence-electron chi connectivity index (χ2n) is 5.95. The summed E-state index contributed by atoms with van der Waals surface area (Å²) in [5, 5.41) is 0. The van der Waals surface area contributed by atoms with E-state index in [1.807, 2.05) is 0 Å². The van der Waals surface area contributed by atoms with Crippen LogP contribution in [-0.2, 0) is 0 Å². The molecule has 1 unspecified atom stereocenters. The van der Waals surface area contributed by atoms with E-state index in [-0.39, 0.29) is 0 Å². The normalized spacial score (nSPS) is 18.7. The molecule has 0 aliphatic heterocycles. The lowest BCUT2D eigenvalue weighted by atomic mass is 9.88. The summed E-state index contributed by atoms with van der Waals surface area (Å²) in [4.78, 5) is 2.53. The van der Waals surface area contributed by atoms with Crippen molar-refractivity contribution in [3.05, 3.63) is 35.9 Å². The van der Waals surface area contributed by atoms with Crippen molar-refractivity contribution in [2.75, 3.05) is 20.1 Å². The molecule has 1 aromatic rings. The Morgan fingerprint density at radius 2 is 1.84 bits per heavy atom. The molecule has 0 bridgehead atoms. The Balaban J connectivity index is 1.97. The van der Waals surface area contributed by atoms with Crippen LogP contribution in [0.1, 0.15) is 50.1 Å². The molecular formula is C17H28N2. The van der Waals surface area contributed by atoms with Gasteiger partial charge in [0, 0.05) is 12.6 Å². The van der Waals surface area contributed by atoms with Gasteiger partial charge in [0.25, 0.3) is 0 Å². The molecule has 0 radical (unpaired) electrons. The van der Waals surface area contributed by atoms with Crippen LogP contribution in [0, 0.1) is 5.92 Å². The van der Waals surface area contributed by atoms with Crippen molar-refractivity contribution in [1.29, 1.82) is 0 Å². The molecule has 0 saturated heterocycles. The summed E-state index contributed by atoms with van der Waals surface area (Å²) in [5.74, 6) is 0.891. The van der Waals surface area contributed by atoms with Crippen LogP contribution in [0.2, 0.25) is 0 Å². The smallest absolute Gasteiger partial charge is 0.0357 e. The van der Waals surface area contributed by atoms with Gasteiger partial charge in [-0.1, -0.05) is 49.6 Å². The van der Waals surface area contributed by atoms with Crippen molar-refractivity contribution in [3.63, 3.8) is 0 Å². The maximum atomic E-state index is 5.81. The van der Waals surface area contributed by atoms with Gasteiger partial charge in [0.15, 0.2) is 0 Å². The molecule has 0 heterocycles. The fourth-order valence-electron chi connectivity index (χ4n) is 3.38. The fraction of sp³-hybridized carbons (Fsp3) is 0.647. The molecule has 19 heavy (non-hydrogen) atoms. The maximum absolute atomic E-state index is 5.81. The van der Waals surface area contributed by atoms with Gasteiger partial charge in [-0.3, -0.25) is 4.90 Å². The van der Waals surface area contributed by atoms with Crippen LogP contribution in [0.5, 0.6) is 0 Å². The molecule has 1 atom stereocenters. The van der Waals surface area contributed by atoms with Crippen LogP contribution >= 0.6 is 0 Å². The average Bonchev–Trinajstić information content (AvgIpc) is 2.46. The summed E-state index contributed by atoms with van der Waals surface area (Å²) in [5.41, 5.74) is 7.22. The first kappa shape index (κ1) is 14.5. The second-order valence-corrected chi connectivity index (χ2v) is 5.95. The fourth-order valence-corrected chi connectivity index (χ4v) is 3.38. The quantitative estimate of drug-likeness (QED) is 0.847. The van der Waals surface area contributed by atoms with Crippen LogP contribution in [0.25, 0.3) is 0 Å². The standard InChI is InChI=1S/C17H28N2/c1-19(14-15-8-4-2-5-9-15)17(12-13-18)16-10-6-3-7-11-16/h3,6-7,10-11,15,17H,2,4-5,8-9,12-14,18H2,1H3. The molecule has 0 amide bonds. The van der Waals surface area contributed by atoms with Gasteiger partial charge in [-0.15, -0.1) is 0 Å². The van der Waals surface area contributed by atoms with Gasteiger partial charge >= 0.3 is 0 Å². The van der Waals surface area contributed by atoms with Gasteiger partial charge in [-0.2, -0.15) is 0 Å². The molecule has 2 heteroatoms. The third kappa shape index (κ3) is 4.32. The Morgan fingerprint density at radius 3 is 2.47 bits per heavy atom. The summed E-state index contributed by atoms with van der Waals surface area (Å²) in [7, 11) is 2.27. The minimum atomic E-state index is 0.480. The molecule has 0 aromatic heterocycles. The van der Waals surface area contributed by atoms with E-state index in [4.69, 9.17) is 5.73 Å². The maximum Gasteiger partial charge on any atom is 0.0357 e. The number of nitrogens with two attached hydrogens (primary N) is 1. The van der Waals surface area contributed by atoms with Crippen molar-refractivity contribution in [2.45, 2.75) is 44.6 Å². The van der Waals surface area contributed by atoms with Gasteiger partial charge < -0.3 is 5.73 Å². The number of hydrogen-bond acceptors (Lipinski definition) is 2. The second kappa shape index (κ2) is 7.66. The summed E-state index contributed by atoms with van der Waals surface area (Å²) in [6.45, 7) is 1.98. The van der Waals surface area contributed by atoms with Gasteiger partial charge in [-0.25, -0.2) is 0 Å². The highest BCUT2D eigenvalue weighted by Gasteiger charge is 2.21. The lowest BCUT2D eigenvalue weighted by Gasteiger charge is -2.33. The van der Waals surface area contributed by atoms with E-state index in [1.165, 1.54) is 44.2 Å². The first-order chi connectivity index (χ1) is 9.31. The zero-order valence-electron chi connectivity index (χ0n) is 12.2. The Kier molecular flexibility index (Phi) is 5.87. The Labute approximate surface area is 118 Å². The predicted molar refractivity (Wildman–Crippen MR) is 82.1 cm³/mol. The highest BCUT2D eigenvalue weighted by Crippen LogP contribution is 2.28. The molecule has 1 aliphatic carbocycles. The summed E-state index contributed by atoms with van der Waals surface area (Å²) in [6.07, 6.45) is 8.15. The van der Waals surface area contributed by atoms with E-state index in [2.05, 4.69) is 42.3 Å². The lowest BCUT2D eigenvalue weighted by molar-refractivity contribution is 0.176. The van der Waals surface area contributed by atoms with Crippen molar-refractivity contribution in [3.8, 4) is 0 Å². The van der Waals surface area contributed by atoms with E-state index in [0.29, 0.717) is 6.04 Å². The molecule has 2 rings (SSSR count). The molecule has 1 aliphatic rings. The van der Waals surface area contributed by atoms with Gasteiger partial charge in [0.05, 0.1) is 0 Å². The molecule has 1 fully saturated rings. The van der Waals surface area contributed by atoms with Crippen LogP contribution in [0.3, 0.4) is 0 Å². The number of rotatable bonds is 6. The van der Waals surface area contributed by atoms with Crippen LogP contribution in [-0.4, -0.2) is 25.0 Å². The Morgan fingerprint density at radius 1 is 1.16 bits per heavy atom. The zero-order chi connectivity index (χ0) is 13.5. The SMILES string of the molecule is CN(CC1CCCCC1)C(CCN)c1ccccc1. The summed E-state index contributed by atoms with van der Waals surface area (Å²) < 4.78 is 0. The first-order valence-corrected chi connectivity index (χ1v) is 7.76. The van der Waals surface area contributed by atoms with E-state index in [0.717, 1.165) is 18.9 Å². The molecule has 2 N–H and O–H groups in total. The number of nitrogens with zero attached hydrogens (tertiary/aromatic N) is 1. The van der Waals surface area contributed by atoms with Gasteiger partial charge in [0.1, 0.15) is 0 Å². The lowest BCUT2D eigenvalue weighted by Crippen LogP contribution is -2.32. The highest BCUT2D eigenvalue weighted by atomic mass is 15.1. The van der Waals surface area contributed by atoms with Gasteiger partial charge in [-0.05, 0) is 44.3 Å². The third-order valence-corrected chi connectivity index (χ3v) is 4.43. The molecule has 0 spiro atoms. The van der Waals surface area contributed by atoms with E-state index >= 15 is 0 Å². The van der Waals surface area contributed by atoms with Crippen molar-refractivity contribution < 1.29 is 0 Å². The van der Waals surface area contributed by atoms with Gasteiger partial charge in [0.2, 0.25) is 0 Å². The minimum Gasteiger partial charge on any atom is -0.330 e. The molecule has 1 aromatic carbocycles. The minimum absolute atomic E-state index is 0.480. The highest BCUT2D eigenvalue weighted by molar-refractivity contribution is 5.19. The Hall–Kier alpha value is -0.860. The topological polar surface area (TPSA) is 29.3 Å². The number of hydrogen-bond donors (Lipinski definition) is 1. The van der Waals surface area contributed by atoms with Crippen LogP contribution in [0.15, 0.2) is 30.3 Å². The largest absolute Gasteiger partial charge is 0.330 e. The molecule has 1 saturated carbocycles. The predicted octanol–water partition coefficient (Wildman–Crippen LogP) is 3.59. The van der Waals surface area contributed by atoms with Crippen LogP contribution < -0.4 is 5.73 Å². The van der Waals surface area contributed by atoms with Crippen LogP contribution in [0.4, 0.5) is 0 Å². The van der Waals surface area contributed by atoms with Crippen molar-refractivity contribution in [1.82, 2.24) is 4.90 Å². The molecular weight excluding hydrogens is 232 g/mol. The number of benzene rings is 1. The third-order valence-electron chi connectivity index (χ3n) is 4.43. The average molecular weight is 260 g/mol. The molecule has 2 nitrogen and oxygen atoms in total. The monoisotopic (exact) mass is 260 g/mol. The van der Waals surface area contributed by atoms with Crippen molar-refractivity contribution in [2.24, 2.45) is 11.7 Å². The molecule has 106 valence electrons. The van der Waals surface area contributed by atoms with E-state index < -0.39 is 0 Å². The summed E-state index contributed by atoms with van der Waals surface area (Å²) >= 11 is 0. The van der Waals surface area contributed by atoms with E-state index in [9.17, 15) is 0 Å². The van der Waals surface area contributed by atoms with E-state index in [1.54, 1.807) is 0 Å². The Bertz CT molecular complexity index is 344. The first-order valence-electron chi connectivity index (χ1n) is 7.76.